The number of rotatable bonds is 8. The molecule has 0 saturated heterocycles. The van der Waals surface area contributed by atoms with Crippen LogP contribution in [0.4, 0.5) is 4.79 Å². The third-order valence-corrected chi connectivity index (χ3v) is 2.75. The molecule has 0 aliphatic carbocycles. The summed E-state index contributed by atoms with van der Waals surface area (Å²) in [5.74, 6) is 0.857. The minimum Gasteiger partial charge on any atom is -0.494 e. The maximum Gasteiger partial charge on any atom is 0.315 e. The molecule has 106 valence electrons. The van der Waals surface area contributed by atoms with Gasteiger partial charge in [0, 0.05) is 13.1 Å². The minimum atomic E-state index is -0.106. The third-order valence-electron chi connectivity index (χ3n) is 2.75. The van der Waals surface area contributed by atoms with E-state index in [4.69, 9.17) is 4.74 Å². The van der Waals surface area contributed by atoms with E-state index in [1.807, 2.05) is 31.2 Å². The number of hydrogen-bond acceptors (Lipinski definition) is 2. The van der Waals surface area contributed by atoms with Crippen molar-refractivity contribution in [2.75, 3.05) is 13.2 Å². The van der Waals surface area contributed by atoms with E-state index in [1.54, 1.807) is 0 Å². The fourth-order valence-corrected chi connectivity index (χ4v) is 1.69. The minimum absolute atomic E-state index is 0.106. The molecule has 1 aromatic rings. The van der Waals surface area contributed by atoms with Gasteiger partial charge in [0.1, 0.15) is 5.75 Å². The van der Waals surface area contributed by atoms with Crippen molar-refractivity contribution in [3.05, 3.63) is 29.8 Å². The Hall–Kier alpha value is -1.71. The highest BCUT2D eigenvalue weighted by molar-refractivity contribution is 5.73. The summed E-state index contributed by atoms with van der Waals surface area (Å²) >= 11 is 0. The first kappa shape index (κ1) is 15.3. The van der Waals surface area contributed by atoms with E-state index in [2.05, 4.69) is 17.6 Å². The van der Waals surface area contributed by atoms with Gasteiger partial charge in [-0.15, -0.1) is 0 Å². The number of urea groups is 1. The molecule has 2 amide bonds. The topological polar surface area (TPSA) is 50.4 Å². The Morgan fingerprint density at radius 1 is 1.11 bits per heavy atom. The summed E-state index contributed by atoms with van der Waals surface area (Å²) in [6, 6.07) is 7.65. The molecule has 0 aromatic heterocycles. The van der Waals surface area contributed by atoms with Crippen molar-refractivity contribution in [2.24, 2.45) is 0 Å². The van der Waals surface area contributed by atoms with Gasteiger partial charge >= 0.3 is 6.03 Å². The highest BCUT2D eigenvalue weighted by atomic mass is 16.5. The van der Waals surface area contributed by atoms with E-state index >= 15 is 0 Å². The number of carbonyl (C=O) groups excluding carboxylic acids is 1. The van der Waals surface area contributed by atoms with E-state index in [-0.39, 0.29) is 6.03 Å². The first-order chi connectivity index (χ1) is 9.26. The predicted molar refractivity (Wildman–Crippen MR) is 77.4 cm³/mol. The molecule has 0 atom stereocenters. The largest absolute Gasteiger partial charge is 0.494 e. The first-order valence-electron chi connectivity index (χ1n) is 6.99. The molecule has 0 radical (unpaired) electrons. The summed E-state index contributed by atoms with van der Waals surface area (Å²) in [6.45, 7) is 6.04. The summed E-state index contributed by atoms with van der Waals surface area (Å²) in [7, 11) is 0. The Morgan fingerprint density at radius 3 is 2.47 bits per heavy atom. The lowest BCUT2D eigenvalue weighted by Crippen LogP contribution is -2.35. The molecular formula is C15H24N2O2. The van der Waals surface area contributed by atoms with Crippen LogP contribution in [0.5, 0.6) is 5.75 Å². The van der Waals surface area contributed by atoms with Crippen LogP contribution in [0.25, 0.3) is 0 Å². The van der Waals surface area contributed by atoms with E-state index in [1.165, 1.54) is 0 Å². The van der Waals surface area contributed by atoms with Gasteiger partial charge in [0.05, 0.1) is 6.61 Å². The Bertz CT molecular complexity index is 363. The molecule has 0 bridgehead atoms. The SMILES string of the molecule is CCCCCNC(=O)NCc1ccc(OCC)cc1. The molecule has 0 aliphatic heterocycles. The number of hydrogen-bond donors (Lipinski definition) is 2. The maximum absolute atomic E-state index is 11.5. The zero-order chi connectivity index (χ0) is 13.9. The lowest BCUT2D eigenvalue weighted by molar-refractivity contribution is 0.240. The van der Waals surface area contributed by atoms with Crippen molar-refractivity contribution >= 4 is 6.03 Å². The molecule has 0 saturated carbocycles. The average Bonchev–Trinajstić information content (AvgIpc) is 2.43. The lowest BCUT2D eigenvalue weighted by Gasteiger charge is -2.08. The normalized spacial score (nSPS) is 10.0. The Morgan fingerprint density at radius 2 is 1.84 bits per heavy atom. The van der Waals surface area contributed by atoms with Gasteiger partial charge in [-0.25, -0.2) is 4.79 Å². The molecule has 2 N–H and O–H groups in total. The number of ether oxygens (including phenoxy) is 1. The van der Waals surface area contributed by atoms with Crippen molar-refractivity contribution in [2.45, 2.75) is 39.7 Å². The van der Waals surface area contributed by atoms with E-state index in [0.717, 1.165) is 37.1 Å². The molecule has 1 rings (SSSR count). The van der Waals surface area contributed by atoms with Gasteiger partial charge in [0.15, 0.2) is 0 Å². The Balaban J connectivity index is 2.22. The average molecular weight is 264 g/mol. The fourth-order valence-electron chi connectivity index (χ4n) is 1.69. The van der Waals surface area contributed by atoms with Crippen LogP contribution in [0.3, 0.4) is 0 Å². The predicted octanol–water partition coefficient (Wildman–Crippen LogP) is 3.07. The van der Waals surface area contributed by atoms with Crippen molar-refractivity contribution in [1.29, 1.82) is 0 Å². The van der Waals surface area contributed by atoms with E-state index < -0.39 is 0 Å². The van der Waals surface area contributed by atoms with Crippen molar-refractivity contribution < 1.29 is 9.53 Å². The van der Waals surface area contributed by atoms with Crippen LogP contribution in [-0.2, 0) is 6.54 Å². The third kappa shape index (κ3) is 6.70. The molecule has 0 aliphatic rings. The molecule has 4 nitrogen and oxygen atoms in total. The first-order valence-corrected chi connectivity index (χ1v) is 6.99. The van der Waals surface area contributed by atoms with Crippen LogP contribution in [-0.4, -0.2) is 19.2 Å². The van der Waals surface area contributed by atoms with Gasteiger partial charge < -0.3 is 15.4 Å². The molecular weight excluding hydrogens is 240 g/mol. The quantitative estimate of drug-likeness (QED) is 0.709. The zero-order valence-electron chi connectivity index (χ0n) is 11.9. The van der Waals surface area contributed by atoms with Crippen LogP contribution >= 0.6 is 0 Å². The number of nitrogens with one attached hydrogen (secondary N) is 2. The number of carbonyl (C=O) groups is 1. The van der Waals surface area contributed by atoms with Crippen LogP contribution < -0.4 is 15.4 Å². The van der Waals surface area contributed by atoms with Crippen molar-refractivity contribution in [3.8, 4) is 5.75 Å². The zero-order valence-corrected chi connectivity index (χ0v) is 11.9. The van der Waals surface area contributed by atoms with E-state index in [0.29, 0.717) is 13.2 Å². The lowest BCUT2D eigenvalue weighted by atomic mass is 10.2. The fraction of sp³-hybridized carbons (Fsp3) is 0.533. The van der Waals surface area contributed by atoms with Crippen LogP contribution in [0, 0.1) is 0 Å². The van der Waals surface area contributed by atoms with Gasteiger partial charge in [-0.3, -0.25) is 0 Å². The van der Waals surface area contributed by atoms with Gasteiger partial charge in [-0.2, -0.15) is 0 Å². The van der Waals surface area contributed by atoms with Crippen LogP contribution in [0.15, 0.2) is 24.3 Å². The monoisotopic (exact) mass is 264 g/mol. The van der Waals surface area contributed by atoms with E-state index in [9.17, 15) is 4.79 Å². The van der Waals surface area contributed by atoms with Gasteiger partial charge in [-0.1, -0.05) is 31.9 Å². The molecule has 19 heavy (non-hydrogen) atoms. The number of benzene rings is 1. The molecule has 4 heteroatoms. The van der Waals surface area contributed by atoms with Crippen LogP contribution in [0.2, 0.25) is 0 Å². The highest BCUT2D eigenvalue weighted by Crippen LogP contribution is 2.11. The van der Waals surface area contributed by atoms with Crippen LogP contribution in [0.1, 0.15) is 38.7 Å². The standard InChI is InChI=1S/C15H24N2O2/c1-3-5-6-11-16-15(18)17-12-13-7-9-14(10-8-13)19-4-2/h7-10H,3-6,11-12H2,1-2H3,(H2,16,17,18). The summed E-state index contributed by atoms with van der Waals surface area (Å²) in [4.78, 5) is 11.5. The maximum atomic E-state index is 11.5. The number of amides is 2. The second-order valence-corrected chi connectivity index (χ2v) is 4.39. The second-order valence-electron chi connectivity index (χ2n) is 4.39. The molecule has 0 spiro atoms. The van der Waals surface area contributed by atoms with Gasteiger partial charge in [0.25, 0.3) is 0 Å². The van der Waals surface area contributed by atoms with Gasteiger partial charge in [0.2, 0.25) is 0 Å². The number of unbranched alkanes of at least 4 members (excludes halogenated alkanes) is 2. The Kier molecular flexibility index (Phi) is 7.47. The van der Waals surface area contributed by atoms with Crippen molar-refractivity contribution in [3.63, 3.8) is 0 Å². The summed E-state index contributed by atoms with van der Waals surface area (Å²) < 4.78 is 5.36. The molecule has 0 heterocycles. The summed E-state index contributed by atoms with van der Waals surface area (Å²) in [6.07, 6.45) is 3.35. The molecule has 1 aromatic carbocycles. The molecule has 0 fully saturated rings. The summed E-state index contributed by atoms with van der Waals surface area (Å²) in [5.41, 5.74) is 1.06. The molecule has 0 unspecified atom stereocenters. The van der Waals surface area contributed by atoms with Crippen molar-refractivity contribution in [1.82, 2.24) is 10.6 Å². The smallest absolute Gasteiger partial charge is 0.315 e. The Labute approximate surface area is 115 Å². The summed E-state index contributed by atoms with van der Waals surface area (Å²) in [5, 5.41) is 5.68. The van der Waals surface area contributed by atoms with Gasteiger partial charge in [-0.05, 0) is 31.0 Å². The highest BCUT2D eigenvalue weighted by Gasteiger charge is 2.00. The second kappa shape index (κ2) is 9.25.